The smallest absolute Gasteiger partial charge is 0.128 e. The number of ether oxygens (including phenoxy) is 1. The van der Waals surface area contributed by atoms with Crippen molar-refractivity contribution in [1.82, 2.24) is 4.98 Å². The van der Waals surface area contributed by atoms with E-state index in [0.717, 1.165) is 22.3 Å². The van der Waals surface area contributed by atoms with Crippen LogP contribution in [-0.4, -0.2) is 12.1 Å². The number of hydrogen-bond acceptors (Lipinski definition) is 2. The fourth-order valence-corrected chi connectivity index (χ4v) is 2.63. The molecule has 0 aliphatic carbocycles. The van der Waals surface area contributed by atoms with Crippen LogP contribution < -0.4 is 4.74 Å². The van der Waals surface area contributed by atoms with Crippen LogP contribution >= 0.6 is 0 Å². The Balaban J connectivity index is 2.48. The Bertz CT molecular complexity index is 763. The number of benzene rings is 2. The summed E-state index contributed by atoms with van der Waals surface area (Å²) in [5, 5.41) is 1.09. The average molecular weight is 263 g/mol. The van der Waals surface area contributed by atoms with E-state index in [1.54, 1.807) is 7.11 Å². The van der Waals surface area contributed by atoms with E-state index < -0.39 is 0 Å². The third-order valence-corrected chi connectivity index (χ3v) is 3.74. The molecule has 20 heavy (non-hydrogen) atoms. The number of aryl methyl sites for hydroxylation is 1. The molecule has 2 aromatic carbocycles. The predicted octanol–water partition coefficient (Wildman–Crippen LogP) is 4.53. The molecule has 1 heterocycles. The van der Waals surface area contributed by atoms with Gasteiger partial charge in [0.05, 0.1) is 18.0 Å². The fourth-order valence-electron chi connectivity index (χ4n) is 2.63. The van der Waals surface area contributed by atoms with Crippen molar-refractivity contribution in [3.05, 3.63) is 59.8 Å². The predicted molar refractivity (Wildman–Crippen MR) is 83.2 cm³/mol. The molecule has 0 saturated heterocycles. The molecular formula is C18H17NO. The lowest BCUT2D eigenvalue weighted by Crippen LogP contribution is -1.96. The maximum absolute atomic E-state index is 5.54. The SMILES string of the molecule is COc1cccc2nc(C)c(C)c(-c3ccccc3)c12. The Morgan fingerprint density at radius 3 is 2.35 bits per heavy atom. The molecule has 3 rings (SSSR count). The average Bonchev–Trinajstić information content (AvgIpc) is 2.49. The van der Waals surface area contributed by atoms with Crippen LogP contribution in [0.15, 0.2) is 48.5 Å². The molecule has 0 N–H and O–H groups in total. The van der Waals surface area contributed by atoms with E-state index >= 15 is 0 Å². The molecule has 0 saturated carbocycles. The lowest BCUT2D eigenvalue weighted by molar-refractivity contribution is 0.420. The Hall–Kier alpha value is -2.35. The summed E-state index contributed by atoms with van der Waals surface area (Å²) in [7, 11) is 1.71. The van der Waals surface area contributed by atoms with Crippen LogP contribution in [0.4, 0.5) is 0 Å². The highest BCUT2D eigenvalue weighted by atomic mass is 16.5. The molecule has 2 nitrogen and oxygen atoms in total. The number of fused-ring (bicyclic) bond motifs is 1. The summed E-state index contributed by atoms with van der Waals surface area (Å²) in [6.07, 6.45) is 0. The van der Waals surface area contributed by atoms with Crippen molar-refractivity contribution in [1.29, 1.82) is 0 Å². The largest absolute Gasteiger partial charge is 0.496 e. The zero-order valence-corrected chi connectivity index (χ0v) is 12.0. The minimum absolute atomic E-state index is 0.872. The van der Waals surface area contributed by atoms with Crippen LogP contribution in [0.5, 0.6) is 5.75 Å². The molecule has 1 aromatic heterocycles. The Kier molecular flexibility index (Phi) is 3.15. The van der Waals surface area contributed by atoms with Crippen LogP contribution in [0.1, 0.15) is 11.3 Å². The first-order chi connectivity index (χ1) is 9.72. The minimum atomic E-state index is 0.872. The Morgan fingerprint density at radius 2 is 1.65 bits per heavy atom. The van der Waals surface area contributed by atoms with Gasteiger partial charge in [0.25, 0.3) is 0 Å². The highest BCUT2D eigenvalue weighted by Gasteiger charge is 2.14. The van der Waals surface area contributed by atoms with Crippen LogP contribution in [0, 0.1) is 13.8 Å². The van der Waals surface area contributed by atoms with E-state index in [0.29, 0.717) is 0 Å². The van der Waals surface area contributed by atoms with Crippen LogP contribution in [0.2, 0.25) is 0 Å². The summed E-state index contributed by atoms with van der Waals surface area (Å²) in [5.74, 6) is 0.872. The molecule has 0 bridgehead atoms. The Morgan fingerprint density at radius 1 is 0.900 bits per heavy atom. The van der Waals surface area contributed by atoms with E-state index in [1.807, 2.05) is 24.3 Å². The first kappa shape index (κ1) is 12.7. The van der Waals surface area contributed by atoms with Gasteiger partial charge >= 0.3 is 0 Å². The van der Waals surface area contributed by atoms with Crippen LogP contribution in [-0.2, 0) is 0 Å². The molecule has 0 aliphatic heterocycles. The van der Waals surface area contributed by atoms with E-state index in [1.165, 1.54) is 16.7 Å². The van der Waals surface area contributed by atoms with E-state index in [9.17, 15) is 0 Å². The summed E-state index contributed by atoms with van der Waals surface area (Å²) in [6.45, 7) is 4.18. The monoisotopic (exact) mass is 263 g/mol. The van der Waals surface area contributed by atoms with Gasteiger partial charge in [-0.2, -0.15) is 0 Å². The van der Waals surface area contributed by atoms with Gasteiger partial charge in [0, 0.05) is 5.69 Å². The van der Waals surface area contributed by atoms with Gasteiger partial charge in [0.2, 0.25) is 0 Å². The Labute approximate surface area is 119 Å². The number of nitrogens with zero attached hydrogens (tertiary/aromatic N) is 1. The molecule has 0 radical (unpaired) electrons. The highest BCUT2D eigenvalue weighted by Crippen LogP contribution is 2.37. The van der Waals surface area contributed by atoms with Crippen molar-refractivity contribution in [2.75, 3.05) is 7.11 Å². The molecule has 0 spiro atoms. The van der Waals surface area contributed by atoms with Crippen molar-refractivity contribution < 1.29 is 4.74 Å². The third-order valence-electron chi connectivity index (χ3n) is 3.74. The number of pyridine rings is 1. The van der Waals surface area contributed by atoms with Gasteiger partial charge in [-0.3, -0.25) is 4.98 Å². The van der Waals surface area contributed by atoms with Gasteiger partial charge in [0.1, 0.15) is 5.75 Å². The summed E-state index contributed by atoms with van der Waals surface area (Å²) < 4.78 is 5.54. The molecular weight excluding hydrogens is 246 g/mol. The second-order valence-electron chi connectivity index (χ2n) is 4.92. The summed E-state index contributed by atoms with van der Waals surface area (Å²) in [6, 6.07) is 16.4. The zero-order valence-electron chi connectivity index (χ0n) is 12.0. The lowest BCUT2D eigenvalue weighted by Gasteiger charge is -2.15. The fraction of sp³-hybridized carbons (Fsp3) is 0.167. The minimum Gasteiger partial charge on any atom is -0.496 e. The molecule has 0 atom stereocenters. The lowest BCUT2D eigenvalue weighted by atomic mass is 9.95. The number of hydrogen-bond donors (Lipinski definition) is 0. The summed E-state index contributed by atoms with van der Waals surface area (Å²) >= 11 is 0. The van der Waals surface area contributed by atoms with Crippen molar-refractivity contribution in [2.24, 2.45) is 0 Å². The normalized spacial score (nSPS) is 10.8. The maximum atomic E-state index is 5.54. The van der Waals surface area contributed by atoms with Crippen LogP contribution in [0.3, 0.4) is 0 Å². The van der Waals surface area contributed by atoms with Crippen LogP contribution in [0.25, 0.3) is 22.0 Å². The first-order valence-corrected chi connectivity index (χ1v) is 6.71. The van der Waals surface area contributed by atoms with Crippen molar-refractivity contribution in [3.8, 4) is 16.9 Å². The molecule has 0 amide bonds. The van der Waals surface area contributed by atoms with Gasteiger partial charge in [-0.1, -0.05) is 36.4 Å². The second kappa shape index (κ2) is 4.97. The first-order valence-electron chi connectivity index (χ1n) is 6.71. The number of aromatic nitrogens is 1. The van der Waals surface area contributed by atoms with Crippen molar-refractivity contribution in [3.63, 3.8) is 0 Å². The van der Waals surface area contributed by atoms with E-state index in [4.69, 9.17) is 4.74 Å². The third kappa shape index (κ3) is 1.94. The van der Waals surface area contributed by atoms with Gasteiger partial charge in [-0.05, 0) is 42.7 Å². The molecule has 2 heteroatoms. The van der Waals surface area contributed by atoms with Gasteiger partial charge in [0.15, 0.2) is 0 Å². The number of rotatable bonds is 2. The standard InChI is InChI=1S/C18H17NO/c1-12-13(2)19-15-10-7-11-16(20-3)18(15)17(12)14-8-5-4-6-9-14/h4-11H,1-3H3. The molecule has 0 fully saturated rings. The molecule has 3 aromatic rings. The highest BCUT2D eigenvalue weighted by molar-refractivity contribution is 6.00. The van der Waals surface area contributed by atoms with Crippen molar-refractivity contribution in [2.45, 2.75) is 13.8 Å². The second-order valence-corrected chi connectivity index (χ2v) is 4.92. The van der Waals surface area contributed by atoms with Gasteiger partial charge in [-0.15, -0.1) is 0 Å². The molecule has 0 unspecified atom stereocenters. The molecule has 0 aliphatic rings. The topological polar surface area (TPSA) is 22.1 Å². The quantitative estimate of drug-likeness (QED) is 0.677. The van der Waals surface area contributed by atoms with E-state index in [2.05, 4.69) is 43.1 Å². The molecule has 100 valence electrons. The number of methoxy groups -OCH3 is 1. The van der Waals surface area contributed by atoms with Gasteiger partial charge in [-0.25, -0.2) is 0 Å². The van der Waals surface area contributed by atoms with Crippen molar-refractivity contribution >= 4 is 10.9 Å². The summed E-state index contributed by atoms with van der Waals surface area (Å²) in [4.78, 5) is 4.69. The summed E-state index contributed by atoms with van der Waals surface area (Å²) in [5.41, 5.74) is 5.65. The zero-order chi connectivity index (χ0) is 14.1. The van der Waals surface area contributed by atoms with E-state index in [-0.39, 0.29) is 0 Å². The maximum Gasteiger partial charge on any atom is 0.128 e. The van der Waals surface area contributed by atoms with Gasteiger partial charge < -0.3 is 4.74 Å².